The Labute approximate surface area is 225 Å². The van der Waals surface area contributed by atoms with Crippen LogP contribution in [0, 0.1) is 19.8 Å². The van der Waals surface area contributed by atoms with Crippen molar-refractivity contribution in [2.45, 2.75) is 51.9 Å². The minimum Gasteiger partial charge on any atom is -0.497 e. The second-order valence-electron chi connectivity index (χ2n) is 9.62. The number of nitrogens with zero attached hydrogens (tertiary/aromatic N) is 3. The van der Waals surface area contributed by atoms with Gasteiger partial charge in [0.15, 0.2) is 0 Å². The van der Waals surface area contributed by atoms with Crippen LogP contribution in [0.3, 0.4) is 0 Å². The van der Waals surface area contributed by atoms with Crippen LogP contribution in [-0.2, 0) is 15.8 Å². The summed E-state index contributed by atoms with van der Waals surface area (Å²) in [6.45, 7) is 13.7. The Bertz CT molecular complexity index is 961. The van der Waals surface area contributed by atoms with Gasteiger partial charge in [-0.25, -0.2) is 8.51 Å². The molecule has 2 rings (SSSR count). The molecule has 208 valence electrons. The van der Waals surface area contributed by atoms with E-state index in [2.05, 4.69) is 29.0 Å². The summed E-state index contributed by atoms with van der Waals surface area (Å²) in [6, 6.07) is 3.72. The van der Waals surface area contributed by atoms with Crippen LogP contribution in [0.4, 0.5) is 0 Å². The summed E-state index contributed by atoms with van der Waals surface area (Å²) in [5.74, 6) is 2.07. The number of benzene rings is 1. The van der Waals surface area contributed by atoms with E-state index in [4.69, 9.17) is 16.2 Å². The van der Waals surface area contributed by atoms with Crippen LogP contribution >= 0.6 is 0 Å². The Morgan fingerprint density at radius 1 is 1.16 bits per heavy atom. The third-order valence-electron chi connectivity index (χ3n) is 6.89. The molecular weight excluding hydrogens is 488 g/mol. The van der Waals surface area contributed by atoms with E-state index in [-0.39, 0.29) is 18.1 Å². The summed E-state index contributed by atoms with van der Waals surface area (Å²) in [5, 5.41) is 2.69. The summed E-state index contributed by atoms with van der Waals surface area (Å²) >= 11 is 0. The highest BCUT2D eigenvalue weighted by Crippen LogP contribution is 2.25. The molecule has 1 heterocycles. The summed E-state index contributed by atoms with van der Waals surface area (Å²) in [4.78, 5) is 17.8. The van der Waals surface area contributed by atoms with Crippen molar-refractivity contribution in [2.24, 2.45) is 17.4 Å². The molecule has 37 heavy (non-hydrogen) atoms. The van der Waals surface area contributed by atoms with Gasteiger partial charge in [-0.2, -0.15) is 0 Å². The smallest absolute Gasteiger partial charge is 0.226 e. The molecule has 0 spiro atoms. The second kappa shape index (κ2) is 15.0. The van der Waals surface area contributed by atoms with E-state index in [1.165, 1.54) is 0 Å². The van der Waals surface area contributed by atoms with Crippen molar-refractivity contribution in [3.05, 3.63) is 47.1 Å². The van der Waals surface area contributed by atoms with Crippen molar-refractivity contribution in [3.63, 3.8) is 0 Å². The van der Waals surface area contributed by atoms with Gasteiger partial charge in [-0.1, -0.05) is 13.8 Å². The first-order valence-electron chi connectivity index (χ1n) is 13.1. The molecule has 0 saturated carbocycles. The van der Waals surface area contributed by atoms with Crippen molar-refractivity contribution in [1.82, 2.24) is 19.4 Å². The normalized spacial score (nSPS) is 16.4. The third-order valence-corrected chi connectivity index (χ3v) is 8.63. The summed E-state index contributed by atoms with van der Waals surface area (Å²) < 4.78 is 20.0. The summed E-state index contributed by atoms with van der Waals surface area (Å²) in [6.07, 6.45) is 5.76. The van der Waals surface area contributed by atoms with E-state index in [0.29, 0.717) is 18.3 Å². The number of piperidine rings is 1. The maximum atomic E-state index is 13.1. The van der Waals surface area contributed by atoms with E-state index >= 15 is 0 Å². The highest BCUT2D eigenvalue weighted by molar-refractivity contribution is 7.82. The van der Waals surface area contributed by atoms with Crippen molar-refractivity contribution in [2.75, 3.05) is 53.4 Å². The molecule has 1 fully saturated rings. The van der Waals surface area contributed by atoms with Gasteiger partial charge < -0.3 is 31.3 Å². The van der Waals surface area contributed by atoms with E-state index < -0.39 is 11.0 Å². The number of aryl methyl sites for hydroxylation is 2. The van der Waals surface area contributed by atoms with Gasteiger partial charge in [0.05, 0.1) is 17.8 Å². The summed E-state index contributed by atoms with van der Waals surface area (Å²) in [5.41, 5.74) is 14.0. The molecular formula is C27H46N6O3S. The lowest BCUT2D eigenvalue weighted by Crippen LogP contribution is -2.40. The highest BCUT2D eigenvalue weighted by atomic mass is 32.2. The van der Waals surface area contributed by atoms with Gasteiger partial charge in [0.1, 0.15) is 22.6 Å². The molecule has 1 aromatic carbocycles. The number of nitrogens with one attached hydrogen (secondary N) is 1. The number of allylic oxidation sites excluding steroid dienone is 2. The maximum absolute atomic E-state index is 13.1. The summed E-state index contributed by atoms with van der Waals surface area (Å²) in [7, 11) is 1.95. The Kier molecular flexibility index (Phi) is 12.4. The number of hydrogen-bond acceptors (Lipinski definition) is 7. The van der Waals surface area contributed by atoms with Crippen molar-refractivity contribution in [1.29, 1.82) is 0 Å². The topological polar surface area (TPSA) is 117 Å². The van der Waals surface area contributed by atoms with Crippen LogP contribution in [-0.4, -0.2) is 77.6 Å². The monoisotopic (exact) mass is 534 g/mol. The Morgan fingerprint density at radius 2 is 1.76 bits per heavy atom. The molecule has 10 heteroatoms. The van der Waals surface area contributed by atoms with Crippen LogP contribution < -0.4 is 21.5 Å². The van der Waals surface area contributed by atoms with Crippen LogP contribution in [0.25, 0.3) is 0 Å². The van der Waals surface area contributed by atoms with Crippen molar-refractivity contribution < 1.29 is 13.7 Å². The number of amides is 1. The number of nitrogens with two attached hydrogens (primary N) is 2. The number of likely N-dealkylation sites (tertiary alicyclic amines) is 1. The zero-order valence-electron chi connectivity index (χ0n) is 23.4. The van der Waals surface area contributed by atoms with Crippen LogP contribution in [0.1, 0.15) is 44.2 Å². The highest BCUT2D eigenvalue weighted by Gasteiger charge is 2.21. The number of ether oxygens (including phenoxy) is 1. The molecule has 1 amide bonds. The third kappa shape index (κ3) is 9.36. The van der Waals surface area contributed by atoms with E-state index in [1.54, 1.807) is 30.6 Å². The van der Waals surface area contributed by atoms with E-state index in [0.717, 1.165) is 67.3 Å². The molecule has 0 radical (unpaired) electrons. The molecule has 1 aliphatic rings. The molecule has 1 atom stereocenters. The minimum atomic E-state index is -1.39. The lowest BCUT2D eigenvalue weighted by molar-refractivity contribution is -0.120. The Balaban J connectivity index is 1.82. The molecule has 1 unspecified atom stereocenters. The SMILES string of the molecule is CCN(CC)CC1CCN(/C(N)=C/C=C(\N)NC(=O)CCN(C)S(=O)c2c(C)cc(OC)cc2C)CC1. The molecule has 0 aromatic heterocycles. The largest absolute Gasteiger partial charge is 0.497 e. The number of rotatable bonds is 13. The molecule has 0 bridgehead atoms. The van der Waals surface area contributed by atoms with Crippen LogP contribution in [0.2, 0.25) is 0 Å². The Morgan fingerprint density at radius 3 is 2.30 bits per heavy atom. The standard InChI is InChI=1S/C27H46N6O3S/c1-7-32(8-2)19-22-11-15-33(16-12-22)25(29)10-9-24(28)30-26(34)13-14-31(5)37(35)27-20(3)17-23(36-6)18-21(27)4/h9-10,17-18,22H,7-8,11-16,19,28-29H2,1-6H3,(H,30,34)/b24-9+,25-10+. The fourth-order valence-electron chi connectivity index (χ4n) is 4.57. The van der Waals surface area contributed by atoms with Gasteiger partial charge in [-0.3, -0.25) is 4.79 Å². The van der Waals surface area contributed by atoms with Crippen molar-refractivity contribution >= 4 is 16.9 Å². The second-order valence-corrected chi connectivity index (χ2v) is 11.1. The molecule has 1 saturated heterocycles. The maximum Gasteiger partial charge on any atom is 0.226 e. The lowest BCUT2D eigenvalue weighted by Gasteiger charge is -2.35. The van der Waals surface area contributed by atoms with Gasteiger partial charge in [-0.15, -0.1) is 0 Å². The quantitative estimate of drug-likeness (QED) is 0.333. The van der Waals surface area contributed by atoms with Gasteiger partial charge >= 0.3 is 0 Å². The van der Waals surface area contributed by atoms with Gasteiger partial charge in [0, 0.05) is 39.6 Å². The first kappa shape index (κ1) is 30.7. The van der Waals surface area contributed by atoms with Gasteiger partial charge in [-0.05, 0) is 81.1 Å². The number of hydrogen-bond donors (Lipinski definition) is 3. The minimum absolute atomic E-state index is 0.157. The fourth-order valence-corrected chi connectivity index (χ4v) is 5.81. The zero-order valence-corrected chi connectivity index (χ0v) is 24.2. The molecule has 1 aliphatic heterocycles. The first-order chi connectivity index (χ1) is 17.6. The van der Waals surface area contributed by atoms with Crippen LogP contribution in [0.5, 0.6) is 5.75 Å². The fraction of sp³-hybridized carbons (Fsp3) is 0.593. The van der Waals surface area contributed by atoms with Gasteiger partial charge in [0.2, 0.25) is 5.91 Å². The van der Waals surface area contributed by atoms with E-state index in [9.17, 15) is 9.00 Å². The predicted octanol–water partition coefficient (Wildman–Crippen LogP) is 2.43. The first-order valence-corrected chi connectivity index (χ1v) is 14.2. The number of carbonyl (C=O) groups excluding carboxylic acids is 1. The number of carbonyl (C=O) groups is 1. The average Bonchev–Trinajstić information content (AvgIpc) is 2.88. The molecule has 5 N–H and O–H groups in total. The molecule has 9 nitrogen and oxygen atoms in total. The molecule has 1 aromatic rings. The zero-order chi connectivity index (χ0) is 27.5. The predicted molar refractivity (Wildman–Crippen MR) is 151 cm³/mol. The molecule has 0 aliphatic carbocycles. The van der Waals surface area contributed by atoms with Crippen molar-refractivity contribution in [3.8, 4) is 5.75 Å². The Hall–Kier alpha value is -2.56. The van der Waals surface area contributed by atoms with E-state index in [1.807, 2.05) is 26.0 Å². The van der Waals surface area contributed by atoms with Crippen LogP contribution in [0.15, 0.2) is 40.8 Å². The lowest BCUT2D eigenvalue weighted by atomic mass is 9.96. The number of methoxy groups -OCH3 is 1. The van der Waals surface area contributed by atoms with Gasteiger partial charge in [0.25, 0.3) is 0 Å². The average molecular weight is 535 g/mol.